The minimum Gasteiger partial charge on any atom is -0.456 e. The molecule has 2 aromatic rings. The third-order valence-electron chi connectivity index (χ3n) is 6.75. The zero-order valence-electron chi connectivity index (χ0n) is 25.4. The molecule has 2 N–H and O–H groups in total. The van der Waals surface area contributed by atoms with Crippen LogP contribution in [0.4, 0.5) is 21.0 Å². The number of amides is 4. The molecule has 2 aliphatic rings. The van der Waals surface area contributed by atoms with Gasteiger partial charge in [0.15, 0.2) is 0 Å². The van der Waals surface area contributed by atoms with Gasteiger partial charge in [0.2, 0.25) is 5.91 Å². The van der Waals surface area contributed by atoms with Crippen molar-refractivity contribution >= 4 is 35.4 Å². The van der Waals surface area contributed by atoms with Crippen LogP contribution in [0.1, 0.15) is 70.3 Å². The van der Waals surface area contributed by atoms with Gasteiger partial charge in [0.1, 0.15) is 17.2 Å². The molecule has 0 aromatic heterocycles. The molecule has 0 bridgehead atoms. The minimum absolute atomic E-state index is 0.0242. The zero-order chi connectivity index (χ0) is 30.7. The van der Waals surface area contributed by atoms with E-state index in [1.54, 1.807) is 70.7 Å². The van der Waals surface area contributed by atoms with Gasteiger partial charge >= 0.3 is 18.1 Å². The number of carbonyl (C=O) groups excluding carboxylic acids is 4. The molecular formula is C32H42N4O6. The number of rotatable bonds is 9. The molecule has 10 nitrogen and oxygen atoms in total. The number of ether oxygens (including phenoxy) is 2. The van der Waals surface area contributed by atoms with Crippen LogP contribution in [0.25, 0.3) is 0 Å². The second-order valence-electron chi connectivity index (χ2n) is 13.0. The van der Waals surface area contributed by atoms with Crippen LogP contribution in [-0.4, -0.2) is 65.8 Å². The van der Waals surface area contributed by atoms with Crippen molar-refractivity contribution < 1.29 is 28.7 Å². The van der Waals surface area contributed by atoms with Crippen molar-refractivity contribution in [3.63, 3.8) is 0 Å². The average Bonchev–Trinajstić information content (AvgIpc) is 3.63. The maximum Gasteiger partial charge on any atom is 0.408 e. The highest BCUT2D eigenvalue weighted by Gasteiger charge is 2.34. The predicted molar refractivity (Wildman–Crippen MR) is 161 cm³/mol. The summed E-state index contributed by atoms with van der Waals surface area (Å²) >= 11 is 0. The molecule has 4 rings (SSSR count). The van der Waals surface area contributed by atoms with Gasteiger partial charge in [-0.25, -0.2) is 14.4 Å². The Morgan fingerprint density at radius 2 is 1.50 bits per heavy atom. The molecule has 4 amide bonds. The van der Waals surface area contributed by atoms with Crippen molar-refractivity contribution in [2.24, 2.45) is 5.92 Å². The van der Waals surface area contributed by atoms with E-state index in [4.69, 9.17) is 9.47 Å². The van der Waals surface area contributed by atoms with Crippen LogP contribution in [0.15, 0.2) is 48.5 Å². The van der Waals surface area contributed by atoms with E-state index in [9.17, 15) is 19.2 Å². The summed E-state index contributed by atoms with van der Waals surface area (Å²) in [5.41, 5.74) is 1.06. The topological polar surface area (TPSA) is 117 Å². The lowest BCUT2D eigenvalue weighted by Crippen LogP contribution is -2.47. The van der Waals surface area contributed by atoms with Gasteiger partial charge in [-0.05, 0) is 102 Å². The van der Waals surface area contributed by atoms with Crippen LogP contribution in [-0.2, 0) is 20.7 Å². The van der Waals surface area contributed by atoms with Gasteiger partial charge in [-0.15, -0.1) is 0 Å². The van der Waals surface area contributed by atoms with Gasteiger partial charge in [0, 0.05) is 37.4 Å². The van der Waals surface area contributed by atoms with Gasteiger partial charge < -0.3 is 25.0 Å². The summed E-state index contributed by atoms with van der Waals surface area (Å²) in [5.74, 6) is -0.264. The Labute approximate surface area is 247 Å². The predicted octanol–water partition coefficient (Wildman–Crippen LogP) is 5.37. The summed E-state index contributed by atoms with van der Waals surface area (Å²) in [7, 11) is 0. The second kappa shape index (κ2) is 12.4. The highest BCUT2D eigenvalue weighted by Crippen LogP contribution is 2.31. The number of urea groups is 1. The number of benzene rings is 2. The van der Waals surface area contributed by atoms with Crippen LogP contribution in [0.3, 0.4) is 0 Å². The molecule has 2 aromatic carbocycles. The molecule has 0 radical (unpaired) electrons. The highest BCUT2D eigenvalue weighted by atomic mass is 16.6. The molecule has 226 valence electrons. The summed E-state index contributed by atoms with van der Waals surface area (Å²) in [6.07, 6.45) is 1.88. The van der Waals surface area contributed by atoms with Crippen LogP contribution < -0.4 is 15.5 Å². The number of nitrogens with zero attached hydrogens (tertiary/aromatic N) is 2. The molecule has 1 aliphatic heterocycles. The van der Waals surface area contributed by atoms with Gasteiger partial charge in [0.05, 0.1) is 5.56 Å². The monoisotopic (exact) mass is 578 g/mol. The smallest absolute Gasteiger partial charge is 0.408 e. The van der Waals surface area contributed by atoms with Crippen molar-refractivity contribution in [1.82, 2.24) is 10.2 Å². The standard InChI is InChI=1S/C32H42N4O6/c1-31(2,3)41-28(38)23-11-13-24(14-12-23)33-27(37)26(34-29(39)42-32(4,5)6)19-21-9-15-25(16-10-21)36-18-17-35(30(36)40)20-22-7-8-22/h9-16,22,26H,7-8,17-20H2,1-6H3,(H,33,37)(H,34,39)/t26-/m0/s1. The first-order valence-electron chi connectivity index (χ1n) is 14.5. The maximum atomic E-state index is 13.3. The lowest BCUT2D eigenvalue weighted by atomic mass is 10.0. The molecule has 0 spiro atoms. The molecule has 1 aliphatic carbocycles. The summed E-state index contributed by atoms with van der Waals surface area (Å²) < 4.78 is 10.8. The van der Waals surface area contributed by atoms with E-state index in [0.29, 0.717) is 23.7 Å². The van der Waals surface area contributed by atoms with E-state index >= 15 is 0 Å². The number of carbonyl (C=O) groups is 4. The molecule has 42 heavy (non-hydrogen) atoms. The molecule has 1 heterocycles. The normalized spacial score (nSPS) is 16.2. The summed E-state index contributed by atoms with van der Waals surface area (Å²) in [6.45, 7) is 12.8. The molecule has 1 atom stereocenters. The van der Waals surface area contributed by atoms with Crippen LogP contribution >= 0.6 is 0 Å². The third-order valence-corrected chi connectivity index (χ3v) is 6.75. The quantitative estimate of drug-likeness (QED) is 0.387. The van der Waals surface area contributed by atoms with E-state index < -0.39 is 35.2 Å². The molecule has 10 heteroatoms. The molecule has 1 saturated heterocycles. The Morgan fingerprint density at radius 3 is 2.07 bits per heavy atom. The number of hydrogen-bond acceptors (Lipinski definition) is 6. The molecular weight excluding hydrogens is 536 g/mol. The SMILES string of the molecule is CC(C)(C)OC(=O)N[C@@H](Cc1ccc(N2CCN(CC3CC3)C2=O)cc1)C(=O)Nc1ccc(C(=O)OC(C)(C)C)cc1. The Morgan fingerprint density at radius 1 is 0.881 bits per heavy atom. The first-order valence-corrected chi connectivity index (χ1v) is 14.5. The number of anilines is 2. The second-order valence-corrected chi connectivity index (χ2v) is 13.0. The molecule has 2 fully saturated rings. The fraction of sp³-hybridized carbons (Fsp3) is 0.500. The first-order chi connectivity index (χ1) is 19.7. The van der Waals surface area contributed by atoms with Crippen LogP contribution in [0.2, 0.25) is 0 Å². The lowest BCUT2D eigenvalue weighted by Gasteiger charge is -2.24. The maximum absolute atomic E-state index is 13.3. The van der Waals surface area contributed by atoms with Gasteiger partial charge in [0.25, 0.3) is 0 Å². The Balaban J connectivity index is 1.43. The van der Waals surface area contributed by atoms with Crippen molar-refractivity contribution in [1.29, 1.82) is 0 Å². The van der Waals surface area contributed by atoms with E-state index in [-0.39, 0.29) is 12.5 Å². The summed E-state index contributed by atoms with van der Waals surface area (Å²) in [5, 5.41) is 5.50. The van der Waals surface area contributed by atoms with Crippen LogP contribution in [0.5, 0.6) is 0 Å². The molecule has 0 unspecified atom stereocenters. The van der Waals surface area contributed by atoms with Gasteiger partial charge in [-0.2, -0.15) is 0 Å². The van der Waals surface area contributed by atoms with E-state index in [1.165, 1.54) is 12.8 Å². The van der Waals surface area contributed by atoms with E-state index in [2.05, 4.69) is 10.6 Å². The van der Waals surface area contributed by atoms with E-state index in [1.807, 2.05) is 29.2 Å². The number of alkyl carbamates (subject to hydrolysis) is 1. The number of nitrogens with one attached hydrogen (secondary N) is 2. The third kappa shape index (κ3) is 8.96. The highest BCUT2D eigenvalue weighted by molar-refractivity contribution is 5.98. The van der Waals surface area contributed by atoms with Gasteiger partial charge in [-0.1, -0.05) is 12.1 Å². The fourth-order valence-electron chi connectivity index (χ4n) is 4.57. The summed E-state index contributed by atoms with van der Waals surface area (Å²) in [6, 6.07) is 12.9. The number of hydrogen-bond donors (Lipinski definition) is 2. The zero-order valence-corrected chi connectivity index (χ0v) is 25.4. The fourth-order valence-corrected chi connectivity index (χ4v) is 4.57. The Bertz CT molecular complexity index is 1290. The Hall–Kier alpha value is -4.08. The minimum atomic E-state index is -0.946. The molecule has 1 saturated carbocycles. The van der Waals surface area contributed by atoms with Crippen LogP contribution in [0, 0.1) is 5.92 Å². The van der Waals surface area contributed by atoms with E-state index in [0.717, 1.165) is 24.3 Å². The van der Waals surface area contributed by atoms with Crippen molar-refractivity contribution in [3.8, 4) is 0 Å². The largest absolute Gasteiger partial charge is 0.456 e. The average molecular weight is 579 g/mol. The first kappa shape index (κ1) is 30.9. The Kier molecular flexibility index (Phi) is 9.13. The number of esters is 1. The summed E-state index contributed by atoms with van der Waals surface area (Å²) in [4.78, 5) is 54.8. The lowest BCUT2D eigenvalue weighted by molar-refractivity contribution is -0.118. The van der Waals surface area contributed by atoms with Crippen molar-refractivity contribution in [3.05, 3.63) is 59.7 Å². The van der Waals surface area contributed by atoms with Gasteiger partial charge in [-0.3, -0.25) is 9.69 Å². The van der Waals surface area contributed by atoms with Crippen molar-refractivity contribution in [2.45, 2.75) is 78.0 Å². The van der Waals surface area contributed by atoms with Crippen molar-refractivity contribution in [2.75, 3.05) is 29.9 Å².